The van der Waals surface area contributed by atoms with E-state index in [2.05, 4.69) is 103 Å². The summed E-state index contributed by atoms with van der Waals surface area (Å²) in [5.41, 5.74) is 2.14. The van der Waals surface area contributed by atoms with Gasteiger partial charge in [0.1, 0.15) is 5.54 Å². The highest BCUT2D eigenvalue weighted by Crippen LogP contribution is 2.40. The van der Waals surface area contributed by atoms with Gasteiger partial charge in [-0.1, -0.05) is 95.9 Å². The Labute approximate surface area is 224 Å². The van der Waals surface area contributed by atoms with Crippen LogP contribution in [0.2, 0.25) is 0 Å². The van der Waals surface area contributed by atoms with Gasteiger partial charge < -0.3 is 9.80 Å². The Morgan fingerprint density at radius 2 is 1.47 bits per heavy atom. The van der Waals surface area contributed by atoms with Crippen molar-refractivity contribution in [2.45, 2.75) is 57.0 Å². The molecular weight excluding hydrogens is 510 g/mol. The van der Waals surface area contributed by atoms with Crippen LogP contribution >= 0.6 is 15.9 Å². The Kier molecular flexibility index (Phi) is 8.28. The van der Waals surface area contributed by atoms with Crippen LogP contribution in [0, 0.1) is 0 Å². The maximum Gasteiger partial charge on any atom is 0.250 e. The maximum absolute atomic E-state index is 13.9. The number of para-hydroxylation sites is 1. The smallest absolute Gasteiger partial charge is 0.250 e. The average molecular weight is 549 g/mol. The lowest BCUT2D eigenvalue weighted by Crippen LogP contribution is -2.56. The van der Waals surface area contributed by atoms with Crippen LogP contribution < -0.4 is 4.90 Å². The van der Waals surface area contributed by atoms with Gasteiger partial charge >= 0.3 is 0 Å². The SMILES string of the molecule is O=C1N(CCCCCCCBr)CN(c2ccccc2)C12CCN(Cc1cccc3ccccc13)CC2. The molecule has 0 radical (unpaired) electrons. The normalized spacial score (nSPS) is 18.0. The zero-order chi connectivity index (χ0) is 24.8. The Morgan fingerprint density at radius 3 is 2.28 bits per heavy atom. The van der Waals surface area contributed by atoms with E-state index in [1.54, 1.807) is 0 Å². The molecule has 5 heteroatoms. The van der Waals surface area contributed by atoms with E-state index in [1.807, 2.05) is 0 Å². The van der Waals surface area contributed by atoms with Gasteiger partial charge in [-0.25, -0.2) is 0 Å². The number of likely N-dealkylation sites (tertiary alicyclic amines) is 1. The Bertz CT molecular complexity index is 1140. The van der Waals surface area contributed by atoms with Crippen molar-refractivity contribution in [2.24, 2.45) is 0 Å². The van der Waals surface area contributed by atoms with Crippen molar-refractivity contribution in [3.8, 4) is 0 Å². The van der Waals surface area contributed by atoms with E-state index in [4.69, 9.17) is 0 Å². The predicted molar refractivity (Wildman–Crippen MR) is 154 cm³/mol. The van der Waals surface area contributed by atoms with Gasteiger partial charge in [-0.3, -0.25) is 9.69 Å². The van der Waals surface area contributed by atoms with Gasteiger partial charge in [-0.05, 0) is 54.2 Å². The number of carbonyl (C=O) groups excluding carboxylic acids is 1. The minimum atomic E-state index is -0.410. The third-order valence-corrected chi connectivity index (χ3v) is 8.66. The van der Waals surface area contributed by atoms with E-state index < -0.39 is 5.54 Å². The van der Waals surface area contributed by atoms with Gasteiger partial charge in [0.2, 0.25) is 5.91 Å². The molecule has 5 rings (SSSR count). The first-order valence-electron chi connectivity index (χ1n) is 13.6. The molecule has 2 saturated heterocycles. The molecule has 0 bridgehead atoms. The Balaban J connectivity index is 1.27. The summed E-state index contributed by atoms with van der Waals surface area (Å²) in [6, 6.07) is 25.8. The number of rotatable bonds is 10. The third-order valence-electron chi connectivity index (χ3n) is 8.10. The van der Waals surface area contributed by atoms with E-state index in [1.165, 1.54) is 47.7 Å². The summed E-state index contributed by atoms with van der Waals surface area (Å²) >= 11 is 3.52. The zero-order valence-corrected chi connectivity index (χ0v) is 22.8. The number of carbonyl (C=O) groups is 1. The standard InChI is InChI=1S/C31H38BrN3O/c32-20-9-2-1-3-10-21-34-25-35(28-15-5-4-6-16-28)31(30(34)36)18-22-33(23-19-31)24-27-14-11-13-26-12-7-8-17-29(26)27/h4-8,11-17H,1-3,9-10,18-25H2. The number of fused-ring (bicyclic) bond motifs is 1. The molecule has 0 aromatic heterocycles. The minimum absolute atomic E-state index is 0.344. The molecule has 36 heavy (non-hydrogen) atoms. The molecule has 2 fully saturated rings. The highest BCUT2D eigenvalue weighted by atomic mass is 79.9. The van der Waals surface area contributed by atoms with Crippen LogP contribution in [0.3, 0.4) is 0 Å². The van der Waals surface area contributed by atoms with Crippen LogP contribution in [0.25, 0.3) is 10.8 Å². The van der Waals surface area contributed by atoms with Crippen LogP contribution in [0.5, 0.6) is 0 Å². The van der Waals surface area contributed by atoms with Crippen molar-refractivity contribution >= 4 is 38.3 Å². The highest BCUT2D eigenvalue weighted by Gasteiger charge is 2.53. The quantitative estimate of drug-likeness (QED) is 0.205. The number of hydrogen-bond donors (Lipinski definition) is 0. The molecule has 190 valence electrons. The number of alkyl halides is 1. The number of unbranched alkanes of at least 4 members (excludes halogenated alkanes) is 4. The van der Waals surface area contributed by atoms with Crippen LogP contribution in [-0.4, -0.2) is 52.9 Å². The first-order chi connectivity index (χ1) is 17.7. The lowest BCUT2D eigenvalue weighted by atomic mass is 9.85. The van der Waals surface area contributed by atoms with Crippen molar-refractivity contribution in [2.75, 3.05) is 36.5 Å². The second-order valence-electron chi connectivity index (χ2n) is 10.4. The largest absolute Gasteiger partial charge is 0.339 e. The number of nitrogens with zero attached hydrogens (tertiary/aromatic N) is 3. The molecule has 4 nitrogen and oxygen atoms in total. The molecule has 2 aliphatic heterocycles. The van der Waals surface area contributed by atoms with Crippen molar-refractivity contribution in [3.63, 3.8) is 0 Å². The monoisotopic (exact) mass is 547 g/mol. The molecule has 1 spiro atoms. The highest BCUT2D eigenvalue weighted by molar-refractivity contribution is 9.09. The van der Waals surface area contributed by atoms with Gasteiger partial charge in [-0.15, -0.1) is 0 Å². The summed E-state index contributed by atoms with van der Waals surface area (Å²) in [5.74, 6) is 0.344. The summed E-state index contributed by atoms with van der Waals surface area (Å²) in [5, 5.41) is 3.72. The molecule has 3 aromatic rings. The maximum atomic E-state index is 13.9. The summed E-state index contributed by atoms with van der Waals surface area (Å²) in [6.07, 6.45) is 7.83. The van der Waals surface area contributed by atoms with Crippen LogP contribution in [0.1, 0.15) is 50.5 Å². The first kappa shape index (κ1) is 25.3. The molecule has 2 heterocycles. The molecule has 3 aromatic carbocycles. The van der Waals surface area contributed by atoms with E-state index in [9.17, 15) is 4.79 Å². The van der Waals surface area contributed by atoms with Gasteiger partial charge in [0.15, 0.2) is 0 Å². The number of anilines is 1. The number of amides is 1. The van der Waals surface area contributed by atoms with Gasteiger partial charge in [0.05, 0.1) is 6.67 Å². The topological polar surface area (TPSA) is 26.8 Å². The fourth-order valence-corrected chi connectivity index (χ4v) is 6.45. The Morgan fingerprint density at radius 1 is 0.778 bits per heavy atom. The van der Waals surface area contributed by atoms with Gasteiger partial charge in [0, 0.05) is 37.2 Å². The van der Waals surface area contributed by atoms with E-state index in [0.29, 0.717) is 12.6 Å². The summed E-state index contributed by atoms with van der Waals surface area (Å²) < 4.78 is 0. The lowest BCUT2D eigenvalue weighted by molar-refractivity contribution is -0.133. The number of hydrogen-bond acceptors (Lipinski definition) is 3. The molecule has 1 amide bonds. The van der Waals surface area contributed by atoms with Crippen molar-refractivity contribution in [3.05, 3.63) is 78.4 Å². The molecule has 0 N–H and O–H groups in total. The summed E-state index contributed by atoms with van der Waals surface area (Å²) in [7, 11) is 0. The summed E-state index contributed by atoms with van der Waals surface area (Å²) in [6.45, 7) is 4.41. The number of benzene rings is 3. The zero-order valence-electron chi connectivity index (χ0n) is 21.2. The molecule has 2 aliphatic rings. The lowest BCUT2D eigenvalue weighted by Gasteiger charge is -2.43. The van der Waals surface area contributed by atoms with E-state index in [0.717, 1.165) is 50.8 Å². The molecule has 0 unspecified atom stereocenters. The summed E-state index contributed by atoms with van der Waals surface area (Å²) in [4.78, 5) is 21.0. The van der Waals surface area contributed by atoms with Crippen molar-refractivity contribution in [1.29, 1.82) is 0 Å². The second-order valence-corrected chi connectivity index (χ2v) is 11.2. The van der Waals surface area contributed by atoms with Crippen LogP contribution in [-0.2, 0) is 11.3 Å². The predicted octanol–water partition coefficient (Wildman–Crippen LogP) is 6.83. The first-order valence-corrected chi connectivity index (χ1v) is 14.7. The average Bonchev–Trinajstić information content (AvgIpc) is 3.19. The van der Waals surface area contributed by atoms with E-state index in [-0.39, 0.29) is 0 Å². The Hall–Kier alpha value is -2.37. The minimum Gasteiger partial charge on any atom is -0.339 e. The van der Waals surface area contributed by atoms with Crippen molar-refractivity contribution < 1.29 is 4.79 Å². The van der Waals surface area contributed by atoms with Crippen LogP contribution in [0.15, 0.2) is 72.8 Å². The molecular formula is C31H38BrN3O. The molecule has 0 atom stereocenters. The number of piperidine rings is 1. The fourth-order valence-electron chi connectivity index (χ4n) is 6.05. The molecule has 0 saturated carbocycles. The van der Waals surface area contributed by atoms with Gasteiger partial charge in [-0.2, -0.15) is 0 Å². The van der Waals surface area contributed by atoms with Gasteiger partial charge in [0.25, 0.3) is 0 Å². The van der Waals surface area contributed by atoms with Crippen molar-refractivity contribution in [1.82, 2.24) is 9.80 Å². The number of halogens is 1. The van der Waals surface area contributed by atoms with Crippen LogP contribution in [0.4, 0.5) is 5.69 Å². The second kappa shape index (κ2) is 11.8. The molecule has 0 aliphatic carbocycles. The van der Waals surface area contributed by atoms with E-state index >= 15 is 0 Å². The third kappa shape index (κ3) is 5.33. The fraction of sp³-hybridized carbons (Fsp3) is 0.452.